The summed E-state index contributed by atoms with van der Waals surface area (Å²) in [6.45, 7) is 2.28. The molecule has 0 saturated carbocycles. The third-order valence-electron chi connectivity index (χ3n) is 2.90. The van der Waals surface area contributed by atoms with Crippen molar-refractivity contribution in [3.05, 3.63) is 53.1 Å². The van der Waals surface area contributed by atoms with Crippen molar-refractivity contribution in [2.75, 3.05) is 17.7 Å². The molecule has 0 fully saturated rings. The second-order valence-electron chi connectivity index (χ2n) is 4.67. The van der Waals surface area contributed by atoms with Crippen LogP contribution >= 0.6 is 11.6 Å². The first kappa shape index (κ1) is 15.2. The number of halogens is 1. The number of carbonyl (C=O) groups excluding carboxylic acids is 1. The first-order valence-corrected chi connectivity index (χ1v) is 6.97. The Hall–Kier alpha value is -2.20. The Labute approximate surface area is 128 Å². The van der Waals surface area contributed by atoms with E-state index in [1.54, 1.807) is 18.2 Å². The van der Waals surface area contributed by atoms with Gasteiger partial charge in [0, 0.05) is 0 Å². The molecule has 0 heterocycles. The van der Waals surface area contributed by atoms with Gasteiger partial charge in [0.25, 0.3) is 0 Å². The van der Waals surface area contributed by atoms with Crippen molar-refractivity contribution in [3.8, 4) is 5.75 Å². The normalized spacial score (nSPS) is 10.2. The molecule has 0 atom stereocenters. The Balaban J connectivity index is 1.85. The lowest BCUT2D eigenvalue weighted by molar-refractivity contribution is -0.116. The lowest BCUT2D eigenvalue weighted by atomic mass is 10.2. The Morgan fingerprint density at radius 3 is 2.76 bits per heavy atom. The van der Waals surface area contributed by atoms with E-state index in [2.05, 4.69) is 5.32 Å². The quantitative estimate of drug-likeness (QED) is 0.829. The predicted molar refractivity (Wildman–Crippen MR) is 85.8 cm³/mol. The summed E-state index contributed by atoms with van der Waals surface area (Å²) in [6, 6.07) is 12.8. The fourth-order valence-electron chi connectivity index (χ4n) is 1.84. The summed E-state index contributed by atoms with van der Waals surface area (Å²) in [5.74, 6) is 0.558. The molecule has 2 aromatic carbocycles. The van der Waals surface area contributed by atoms with Gasteiger partial charge in [-0.15, -0.1) is 0 Å². The summed E-state index contributed by atoms with van der Waals surface area (Å²) in [6.07, 6.45) is 0.221. The summed E-state index contributed by atoms with van der Waals surface area (Å²) in [5, 5.41) is 3.12. The topological polar surface area (TPSA) is 64.3 Å². The maximum absolute atomic E-state index is 11.9. The molecule has 2 aromatic rings. The summed E-state index contributed by atoms with van der Waals surface area (Å²) < 4.78 is 5.53. The number of carbonyl (C=O) groups is 1. The lowest BCUT2D eigenvalue weighted by Crippen LogP contribution is -2.16. The van der Waals surface area contributed by atoms with Crippen molar-refractivity contribution in [2.24, 2.45) is 0 Å². The average molecular weight is 305 g/mol. The molecule has 21 heavy (non-hydrogen) atoms. The van der Waals surface area contributed by atoms with Gasteiger partial charge in [-0.1, -0.05) is 29.8 Å². The van der Waals surface area contributed by atoms with E-state index in [9.17, 15) is 4.79 Å². The predicted octanol–water partition coefficient (Wildman–Crippen LogP) is 3.64. The van der Waals surface area contributed by atoms with Crippen molar-refractivity contribution in [2.45, 2.75) is 13.3 Å². The highest BCUT2D eigenvalue weighted by molar-refractivity contribution is 6.34. The molecule has 0 aliphatic heterocycles. The van der Waals surface area contributed by atoms with Crippen molar-refractivity contribution >= 4 is 28.9 Å². The van der Waals surface area contributed by atoms with Crippen LogP contribution in [0.25, 0.3) is 0 Å². The van der Waals surface area contributed by atoms with Gasteiger partial charge in [0.1, 0.15) is 5.75 Å². The number of benzene rings is 2. The minimum atomic E-state index is -0.192. The van der Waals surface area contributed by atoms with Gasteiger partial charge in [-0.3, -0.25) is 4.79 Å². The number of para-hydroxylation sites is 1. The highest BCUT2D eigenvalue weighted by Gasteiger charge is 2.09. The third-order valence-corrected chi connectivity index (χ3v) is 3.21. The number of ether oxygens (including phenoxy) is 1. The Bertz CT molecular complexity index is 624. The van der Waals surface area contributed by atoms with Crippen LogP contribution in [0.1, 0.15) is 12.0 Å². The van der Waals surface area contributed by atoms with E-state index in [-0.39, 0.29) is 12.3 Å². The minimum Gasteiger partial charge on any atom is -0.493 e. The largest absolute Gasteiger partial charge is 0.493 e. The van der Waals surface area contributed by atoms with Gasteiger partial charge in [0.05, 0.1) is 29.4 Å². The molecule has 5 heteroatoms. The molecule has 0 radical (unpaired) electrons. The standard InChI is InChI=1S/C16H17ClN2O2/c1-11-4-2-5-12(10-11)21-9-8-15(20)19-16-13(17)6-3-7-14(16)18/h2-7,10H,8-9,18H2,1H3,(H,19,20). The van der Waals surface area contributed by atoms with Crippen molar-refractivity contribution in [1.29, 1.82) is 0 Å². The third kappa shape index (κ3) is 4.39. The molecule has 3 N–H and O–H groups in total. The number of rotatable bonds is 5. The maximum Gasteiger partial charge on any atom is 0.227 e. The Morgan fingerprint density at radius 1 is 1.29 bits per heavy atom. The molecule has 0 unspecified atom stereocenters. The molecular formula is C16H17ClN2O2. The van der Waals surface area contributed by atoms with Crippen molar-refractivity contribution in [1.82, 2.24) is 0 Å². The number of amides is 1. The van der Waals surface area contributed by atoms with E-state index in [1.165, 1.54) is 0 Å². The van der Waals surface area contributed by atoms with Crippen LogP contribution in [0.5, 0.6) is 5.75 Å². The molecular weight excluding hydrogens is 288 g/mol. The summed E-state index contributed by atoms with van der Waals surface area (Å²) in [7, 11) is 0. The number of nitrogens with two attached hydrogens (primary N) is 1. The monoisotopic (exact) mass is 304 g/mol. The summed E-state index contributed by atoms with van der Waals surface area (Å²) in [4.78, 5) is 11.9. The molecule has 0 saturated heterocycles. The van der Waals surface area contributed by atoms with Crippen LogP contribution < -0.4 is 15.8 Å². The molecule has 0 aromatic heterocycles. The second kappa shape index (κ2) is 6.99. The van der Waals surface area contributed by atoms with Gasteiger partial charge in [-0.2, -0.15) is 0 Å². The maximum atomic E-state index is 11.9. The van der Waals surface area contributed by atoms with Crippen LogP contribution in [0.3, 0.4) is 0 Å². The number of aryl methyl sites for hydroxylation is 1. The second-order valence-corrected chi connectivity index (χ2v) is 5.07. The fourth-order valence-corrected chi connectivity index (χ4v) is 2.07. The highest BCUT2D eigenvalue weighted by atomic mass is 35.5. The first-order valence-electron chi connectivity index (χ1n) is 6.59. The van der Waals surface area contributed by atoms with E-state index in [0.29, 0.717) is 23.0 Å². The van der Waals surface area contributed by atoms with Crippen LogP contribution in [0.2, 0.25) is 5.02 Å². The van der Waals surface area contributed by atoms with Crippen molar-refractivity contribution < 1.29 is 9.53 Å². The summed E-state index contributed by atoms with van der Waals surface area (Å²) in [5.41, 5.74) is 7.77. The van der Waals surface area contributed by atoms with Crippen LogP contribution in [-0.4, -0.2) is 12.5 Å². The zero-order valence-electron chi connectivity index (χ0n) is 11.7. The van der Waals surface area contributed by atoms with E-state index in [4.69, 9.17) is 22.1 Å². The van der Waals surface area contributed by atoms with Gasteiger partial charge >= 0.3 is 0 Å². The molecule has 0 aliphatic rings. The molecule has 4 nitrogen and oxygen atoms in total. The number of nitrogens with one attached hydrogen (secondary N) is 1. The van der Waals surface area contributed by atoms with Gasteiger partial charge < -0.3 is 15.8 Å². The van der Waals surface area contributed by atoms with E-state index in [1.807, 2.05) is 31.2 Å². The molecule has 2 rings (SSSR count). The van der Waals surface area contributed by atoms with Crippen LogP contribution in [0.4, 0.5) is 11.4 Å². The van der Waals surface area contributed by atoms with E-state index < -0.39 is 0 Å². The molecule has 1 amide bonds. The average Bonchev–Trinajstić information content (AvgIpc) is 2.43. The molecule has 0 aliphatic carbocycles. The SMILES string of the molecule is Cc1cccc(OCCC(=O)Nc2c(N)cccc2Cl)c1. The number of nitrogen functional groups attached to an aromatic ring is 1. The van der Waals surface area contributed by atoms with Crippen LogP contribution in [-0.2, 0) is 4.79 Å². The van der Waals surface area contributed by atoms with Gasteiger partial charge in [-0.05, 0) is 36.8 Å². The minimum absolute atomic E-state index is 0.192. The van der Waals surface area contributed by atoms with E-state index in [0.717, 1.165) is 11.3 Å². The zero-order valence-corrected chi connectivity index (χ0v) is 12.5. The van der Waals surface area contributed by atoms with Crippen molar-refractivity contribution in [3.63, 3.8) is 0 Å². The van der Waals surface area contributed by atoms with Gasteiger partial charge in [0.15, 0.2) is 0 Å². The van der Waals surface area contributed by atoms with Crippen LogP contribution in [0.15, 0.2) is 42.5 Å². The highest BCUT2D eigenvalue weighted by Crippen LogP contribution is 2.27. The lowest BCUT2D eigenvalue weighted by Gasteiger charge is -2.10. The Morgan fingerprint density at radius 2 is 2.05 bits per heavy atom. The molecule has 0 spiro atoms. The molecule has 110 valence electrons. The summed E-state index contributed by atoms with van der Waals surface area (Å²) >= 11 is 5.99. The first-order chi connectivity index (χ1) is 10.1. The van der Waals surface area contributed by atoms with E-state index >= 15 is 0 Å². The number of hydrogen-bond acceptors (Lipinski definition) is 3. The number of hydrogen-bond donors (Lipinski definition) is 2. The fraction of sp³-hybridized carbons (Fsp3) is 0.188. The van der Waals surface area contributed by atoms with Gasteiger partial charge in [0.2, 0.25) is 5.91 Å². The zero-order chi connectivity index (χ0) is 15.2. The Kier molecular flexibility index (Phi) is 5.06. The smallest absolute Gasteiger partial charge is 0.227 e. The van der Waals surface area contributed by atoms with Gasteiger partial charge in [-0.25, -0.2) is 0 Å². The van der Waals surface area contributed by atoms with Crippen LogP contribution in [0, 0.1) is 6.92 Å². The molecule has 0 bridgehead atoms. The number of anilines is 2.